The van der Waals surface area contributed by atoms with Gasteiger partial charge in [-0.05, 0) is 12.8 Å². The van der Waals surface area contributed by atoms with Crippen LogP contribution in [0.25, 0.3) is 0 Å². The van der Waals surface area contributed by atoms with E-state index in [-0.39, 0.29) is 0 Å². The Kier molecular flexibility index (Phi) is 1.15. The Morgan fingerprint density at radius 1 is 1.88 bits per heavy atom. The van der Waals surface area contributed by atoms with Crippen molar-refractivity contribution < 1.29 is 4.21 Å². The van der Waals surface area contributed by atoms with E-state index < -0.39 is 9.73 Å². The van der Waals surface area contributed by atoms with Crippen LogP contribution in [0.4, 0.5) is 0 Å². The Morgan fingerprint density at radius 3 is 2.38 bits per heavy atom. The fraction of sp³-hybridized carbons (Fsp3) is 0.600. The summed E-state index contributed by atoms with van der Waals surface area (Å²) in [5.41, 5.74) is 0. The van der Waals surface area contributed by atoms with Crippen LogP contribution in [0.3, 0.4) is 0 Å². The van der Waals surface area contributed by atoms with Crippen molar-refractivity contribution in [2.24, 2.45) is 0 Å². The first-order chi connectivity index (χ1) is 3.61. The molecule has 1 unspecified atom stereocenters. The lowest BCUT2D eigenvalue weighted by Gasteiger charge is -2.12. The van der Waals surface area contributed by atoms with Crippen LogP contribution in [0.1, 0.15) is 12.8 Å². The zero-order valence-corrected chi connectivity index (χ0v) is 5.62. The maximum absolute atomic E-state index is 10.8. The molecule has 46 valence electrons. The first-order valence-electron chi connectivity index (χ1n) is 2.53. The van der Waals surface area contributed by atoms with E-state index in [2.05, 4.69) is 0 Å². The van der Waals surface area contributed by atoms with E-state index in [0.717, 1.165) is 17.7 Å². The van der Waals surface area contributed by atoms with E-state index in [0.29, 0.717) is 0 Å². The van der Waals surface area contributed by atoms with E-state index in [1.807, 2.05) is 6.08 Å². The van der Waals surface area contributed by atoms with Gasteiger partial charge in [-0.25, -0.2) is 8.99 Å². The molecule has 0 radical (unpaired) electrons. The van der Waals surface area contributed by atoms with Crippen molar-refractivity contribution >= 4 is 9.73 Å². The minimum absolute atomic E-state index is 0.831. The van der Waals surface area contributed by atoms with Crippen molar-refractivity contribution in [1.29, 1.82) is 4.78 Å². The minimum Gasteiger partial charge on any atom is -0.249 e. The number of hydrogen-bond acceptors (Lipinski definition) is 2. The highest BCUT2D eigenvalue weighted by atomic mass is 32.2. The molecule has 0 aromatic rings. The quantitative estimate of drug-likeness (QED) is 0.573. The van der Waals surface area contributed by atoms with Gasteiger partial charge in [0.25, 0.3) is 0 Å². The van der Waals surface area contributed by atoms with E-state index in [1.54, 1.807) is 0 Å². The highest BCUT2D eigenvalue weighted by Crippen LogP contribution is 2.22. The standard InChI is InChI=1S/C5H9NOS/c1-8(6,7)5-3-2-4-5/h3,6H,2,4H2,1H3. The summed E-state index contributed by atoms with van der Waals surface area (Å²) >= 11 is 0. The van der Waals surface area contributed by atoms with Gasteiger partial charge in [0.2, 0.25) is 0 Å². The maximum atomic E-state index is 10.8. The Hall–Kier alpha value is -0.310. The SMILES string of the molecule is CS(=N)(=O)C1=CCC1. The Morgan fingerprint density at radius 2 is 2.38 bits per heavy atom. The van der Waals surface area contributed by atoms with Gasteiger partial charge in [-0.1, -0.05) is 6.08 Å². The Bertz CT molecular complexity index is 213. The largest absolute Gasteiger partial charge is 0.249 e. The number of allylic oxidation sites excluding steroid dienone is 2. The van der Waals surface area contributed by atoms with Crippen LogP contribution in [0, 0.1) is 4.78 Å². The van der Waals surface area contributed by atoms with Gasteiger partial charge in [-0.3, -0.25) is 0 Å². The average molecular weight is 131 g/mol. The summed E-state index contributed by atoms with van der Waals surface area (Å²) in [6.07, 6.45) is 5.24. The van der Waals surface area contributed by atoms with Gasteiger partial charge in [-0.15, -0.1) is 0 Å². The molecule has 0 aliphatic heterocycles. The Balaban J connectivity index is 2.91. The van der Waals surface area contributed by atoms with Crippen molar-refractivity contribution in [2.45, 2.75) is 12.8 Å². The second kappa shape index (κ2) is 1.58. The monoisotopic (exact) mass is 131 g/mol. The van der Waals surface area contributed by atoms with Crippen molar-refractivity contribution in [2.75, 3.05) is 6.26 Å². The molecule has 0 aromatic carbocycles. The molecule has 0 heterocycles. The third kappa shape index (κ3) is 0.916. The van der Waals surface area contributed by atoms with Crippen LogP contribution in [0.5, 0.6) is 0 Å². The summed E-state index contributed by atoms with van der Waals surface area (Å²) in [4.78, 5) is 0.831. The molecule has 0 bridgehead atoms. The minimum atomic E-state index is -2.30. The Labute approximate surface area is 49.6 Å². The molecule has 3 heteroatoms. The average Bonchev–Trinajstić information content (AvgIpc) is 1.16. The van der Waals surface area contributed by atoms with E-state index in [1.165, 1.54) is 6.26 Å². The van der Waals surface area contributed by atoms with Crippen LogP contribution >= 0.6 is 0 Å². The summed E-state index contributed by atoms with van der Waals surface area (Å²) < 4.78 is 17.8. The molecule has 1 rings (SSSR count). The molecule has 0 aromatic heterocycles. The molecule has 0 fully saturated rings. The van der Waals surface area contributed by atoms with Gasteiger partial charge in [-0.2, -0.15) is 0 Å². The van der Waals surface area contributed by atoms with Crippen molar-refractivity contribution in [3.63, 3.8) is 0 Å². The van der Waals surface area contributed by atoms with Gasteiger partial charge in [0, 0.05) is 11.2 Å². The molecule has 0 saturated heterocycles. The van der Waals surface area contributed by atoms with Crippen molar-refractivity contribution in [3.05, 3.63) is 11.0 Å². The first kappa shape index (κ1) is 5.82. The fourth-order valence-electron chi connectivity index (χ4n) is 0.616. The van der Waals surface area contributed by atoms with Gasteiger partial charge < -0.3 is 0 Å². The molecule has 1 N–H and O–H groups in total. The van der Waals surface area contributed by atoms with Gasteiger partial charge in [0.15, 0.2) is 0 Å². The third-order valence-electron chi connectivity index (χ3n) is 1.26. The second-order valence-electron chi connectivity index (χ2n) is 2.05. The predicted octanol–water partition coefficient (Wildman–Crippen LogP) is 1.34. The van der Waals surface area contributed by atoms with Crippen LogP contribution < -0.4 is 0 Å². The van der Waals surface area contributed by atoms with Crippen molar-refractivity contribution in [1.82, 2.24) is 0 Å². The highest BCUT2D eigenvalue weighted by molar-refractivity contribution is 7.95. The summed E-state index contributed by atoms with van der Waals surface area (Å²) in [5, 5.41) is 0. The normalized spacial score (nSPS) is 25.4. The molecular weight excluding hydrogens is 122 g/mol. The smallest absolute Gasteiger partial charge is 0.0655 e. The number of rotatable bonds is 1. The van der Waals surface area contributed by atoms with Crippen LogP contribution in [0.2, 0.25) is 0 Å². The van der Waals surface area contributed by atoms with E-state index in [4.69, 9.17) is 4.78 Å². The van der Waals surface area contributed by atoms with Gasteiger partial charge in [0.1, 0.15) is 0 Å². The molecule has 0 saturated carbocycles. The van der Waals surface area contributed by atoms with Crippen LogP contribution in [-0.4, -0.2) is 10.5 Å². The van der Waals surface area contributed by atoms with Crippen LogP contribution in [0.15, 0.2) is 11.0 Å². The summed E-state index contributed by atoms with van der Waals surface area (Å²) in [6, 6.07) is 0. The van der Waals surface area contributed by atoms with Crippen LogP contribution in [-0.2, 0) is 9.73 Å². The fourth-order valence-corrected chi connectivity index (χ4v) is 1.56. The number of nitrogens with one attached hydrogen (secondary N) is 1. The lowest BCUT2D eigenvalue weighted by atomic mass is 10.1. The molecule has 0 amide bonds. The molecule has 2 nitrogen and oxygen atoms in total. The van der Waals surface area contributed by atoms with Crippen molar-refractivity contribution in [3.8, 4) is 0 Å². The topological polar surface area (TPSA) is 40.9 Å². The molecule has 8 heavy (non-hydrogen) atoms. The first-order valence-corrected chi connectivity index (χ1v) is 4.50. The molecular formula is C5H9NOS. The predicted molar refractivity (Wildman–Crippen MR) is 34.1 cm³/mol. The third-order valence-corrected chi connectivity index (χ3v) is 2.63. The summed E-state index contributed by atoms with van der Waals surface area (Å²) in [7, 11) is -2.30. The summed E-state index contributed by atoms with van der Waals surface area (Å²) in [5.74, 6) is 0. The lowest BCUT2D eigenvalue weighted by Crippen LogP contribution is -2.04. The molecule has 1 aliphatic rings. The van der Waals surface area contributed by atoms with E-state index in [9.17, 15) is 4.21 Å². The molecule has 1 aliphatic carbocycles. The zero-order chi connectivity index (χ0) is 6.20. The number of hydrogen-bond donors (Lipinski definition) is 1. The van der Waals surface area contributed by atoms with Gasteiger partial charge >= 0.3 is 0 Å². The van der Waals surface area contributed by atoms with Gasteiger partial charge in [0.05, 0.1) is 9.73 Å². The molecule has 1 atom stereocenters. The highest BCUT2D eigenvalue weighted by Gasteiger charge is 2.12. The second-order valence-corrected chi connectivity index (χ2v) is 4.26. The maximum Gasteiger partial charge on any atom is 0.0655 e. The molecule has 0 spiro atoms. The summed E-state index contributed by atoms with van der Waals surface area (Å²) in [6.45, 7) is 0. The lowest BCUT2D eigenvalue weighted by molar-refractivity contribution is 0.679. The zero-order valence-electron chi connectivity index (χ0n) is 4.81. The van der Waals surface area contributed by atoms with E-state index >= 15 is 0 Å².